The molecule has 1 unspecified atom stereocenters. The molecule has 1 amide bonds. The molecule has 7 heteroatoms. The van der Waals surface area contributed by atoms with Crippen LogP contribution in [-0.2, 0) is 14.8 Å². The zero-order chi connectivity index (χ0) is 21.7. The number of hydrogen-bond donors (Lipinski definition) is 1. The normalized spacial score (nSPS) is 16.5. The molecule has 1 N–H and O–H groups in total. The zero-order valence-corrected chi connectivity index (χ0v) is 18.8. The summed E-state index contributed by atoms with van der Waals surface area (Å²) in [5.41, 5.74) is 2.15. The Morgan fingerprint density at radius 1 is 1.00 bits per heavy atom. The van der Waals surface area contributed by atoms with E-state index in [-0.39, 0.29) is 5.91 Å². The van der Waals surface area contributed by atoms with E-state index in [2.05, 4.69) is 5.32 Å². The van der Waals surface area contributed by atoms with Gasteiger partial charge in [-0.3, -0.25) is 4.79 Å². The summed E-state index contributed by atoms with van der Waals surface area (Å²) < 4.78 is 28.3. The molecule has 2 aromatic carbocycles. The Bertz CT molecular complexity index is 966. The Morgan fingerprint density at radius 3 is 2.23 bits per heavy atom. The molecule has 3 rings (SSSR count). The molecule has 1 fully saturated rings. The van der Waals surface area contributed by atoms with E-state index in [0.29, 0.717) is 29.2 Å². The summed E-state index contributed by atoms with van der Waals surface area (Å²) in [6.45, 7) is 2.94. The second kappa shape index (κ2) is 9.62. The minimum absolute atomic E-state index is 0.0984. The first-order chi connectivity index (χ1) is 14.3. The van der Waals surface area contributed by atoms with Crippen molar-refractivity contribution in [3.05, 3.63) is 59.7 Å². The molecule has 1 atom stereocenters. The minimum Gasteiger partial charge on any atom is -0.370 e. The van der Waals surface area contributed by atoms with Crippen molar-refractivity contribution in [2.24, 2.45) is 0 Å². The molecule has 0 radical (unpaired) electrons. The van der Waals surface area contributed by atoms with Gasteiger partial charge >= 0.3 is 0 Å². The highest BCUT2D eigenvalue weighted by Gasteiger charge is 2.28. The summed E-state index contributed by atoms with van der Waals surface area (Å²) in [6, 6.07) is 14.1. The molecule has 1 aliphatic heterocycles. The number of sulfonamides is 1. The summed E-state index contributed by atoms with van der Waals surface area (Å²) in [4.78, 5) is 14.7. The Hall–Kier alpha value is -2.38. The molecule has 1 aliphatic rings. The smallest absolute Gasteiger partial charge is 0.249 e. The van der Waals surface area contributed by atoms with Crippen LogP contribution in [-0.4, -0.2) is 50.7 Å². The maximum atomic E-state index is 13.3. The van der Waals surface area contributed by atoms with E-state index >= 15 is 0 Å². The lowest BCUT2D eigenvalue weighted by atomic mass is 10.1. The number of anilines is 1. The number of aryl methyl sites for hydroxylation is 1. The fourth-order valence-electron chi connectivity index (χ4n) is 3.75. The summed E-state index contributed by atoms with van der Waals surface area (Å²) in [7, 11) is -0.152. The maximum Gasteiger partial charge on any atom is 0.249 e. The average molecular weight is 430 g/mol. The van der Waals surface area contributed by atoms with Crippen LogP contribution in [0.2, 0.25) is 0 Å². The average Bonchev–Trinajstić information content (AvgIpc) is 3.03. The minimum atomic E-state index is -3.58. The van der Waals surface area contributed by atoms with Crippen LogP contribution >= 0.6 is 0 Å². The second-order valence-corrected chi connectivity index (χ2v) is 9.93. The SMILES string of the molecule is Cc1ccc(NC(C(=O)N(C)C)c2ccccc2)cc1S(=O)(=O)N1CCCCCC1. The number of benzene rings is 2. The summed E-state index contributed by atoms with van der Waals surface area (Å²) in [5.74, 6) is -0.0984. The van der Waals surface area contributed by atoms with E-state index < -0.39 is 16.1 Å². The highest BCUT2D eigenvalue weighted by Crippen LogP contribution is 2.28. The molecule has 0 bridgehead atoms. The number of amides is 1. The van der Waals surface area contributed by atoms with Crippen LogP contribution in [0.5, 0.6) is 0 Å². The van der Waals surface area contributed by atoms with E-state index in [4.69, 9.17) is 0 Å². The van der Waals surface area contributed by atoms with Crippen LogP contribution in [0, 0.1) is 6.92 Å². The topological polar surface area (TPSA) is 69.7 Å². The van der Waals surface area contributed by atoms with Crippen LogP contribution in [0.4, 0.5) is 5.69 Å². The molecule has 0 saturated carbocycles. The Kier molecular flexibility index (Phi) is 7.15. The molecule has 0 aliphatic carbocycles. The van der Waals surface area contributed by atoms with Gasteiger partial charge in [-0.25, -0.2) is 8.42 Å². The van der Waals surface area contributed by atoms with Crippen molar-refractivity contribution < 1.29 is 13.2 Å². The largest absolute Gasteiger partial charge is 0.370 e. The molecule has 1 heterocycles. The molecule has 1 saturated heterocycles. The van der Waals surface area contributed by atoms with Crippen molar-refractivity contribution in [2.75, 3.05) is 32.5 Å². The third kappa shape index (κ3) is 5.02. The van der Waals surface area contributed by atoms with Crippen LogP contribution < -0.4 is 5.32 Å². The third-order valence-corrected chi connectivity index (χ3v) is 7.54. The van der Waals surface area contributed by atoms with Crippen molar-refractivity contribution in [1.29, 1.82) is 0 Å². The number of likely N-dealkylation sites (N-methyl/N-ethyl adjacent to an activating group) is 1. The van der Waals surface area contributed by atoms with Gasteiger partial charge in [0.25, 0.3) is 0 Å². The van der Waals surface area contributed by atoms with Crippen molar-refractivity contribution >= 4 is 21.6 Å². The zero-order valence-electron chi connectivity index (χ0n) is 18.0. The van der Waals surface area contributed by atoms with E-state index in [1.54, 1.807) is 30.5 Å². The number of nitrogens with one attached hydrogen (secondary N) is 1. The molecule has 6 nitrogen and oxygen atoms in total. The van der Waals surface area contributed by atoms with Gasteiger partial charge in [-0.1, -0.05) is 49.2 Å². The molecule has 162 valence electrons. The van der Waals surface area contributed by atoms with Crippen LogP contribution in [0.1, 0.15) is 42.9 Å². The summed E-state index contributed by atoms with van der Waals surface area (Å²) in [6.07, 6.45) is 3.92. The number of rotatable bonds is 6. The lowest BCUT2D eigenvalue weighted by Crippen LogP contribution is -2.33. The Morgan fingerprint density at radius 2 is 1.63 bits per heavy atom. The summed E-state index contributed by atoms with van der Waals surface area (Å²) in [5, 5.41) is 3.26. The fourth-order valence-corrected chi connectivity index (χ4v) is 5.51. The van der Waals surface area contributed by atoms with Crippen LogP contribution in [0.25, 0.3) is 0 Å². The van der Waals surface area contributed by atoms with Gasteiger partial charge < -0.3 is 10.2 Å². The quantitative estimate of drug-likeness (QED) is 0.758. The van der Waals surface area contributed by atoms with E-state index in [0.717, 1.165) is 31.2 Å². The molecule has 0 aromatic heterocycles. The monoisotopic (exact) mass is 429 g/mol. The van der Waals surface area contributed by atoms with Crippen LogP contribution in [0.3, 0.4) is 0 Å². The standard InChI is InChI=1S/C23H31N3O3S/c1-18-13-14-20(17-21(18)30(28,29)26-15-9-4-5-10-16-26)24-22(23(27)25(2)3)19-11-7-6-8-12-19/h6-8,11-14,17,22,24H,4-5,9-10,15-16H2,1-3H3. The van der Waals surface area contributed by atoms with Gasteiger partial charge in [0, 0.05) is 32.9 Å². The van der Waals surface area contributed by atoms with Crippen molar-refractivity contribution in [3.8, 4) is 0 Å². The van der Waals surface area contributed by atoms with Gasteiger partial charge in [0.1, 0.15) is 6.04 Å². The number of carbonyl (C=O) groups excluding carboxylic acids is 1. The summed E-state index contributed by atoms with van der Waals surface area (Å²) >= 11 is 0. The van der Waals surface area contributed by atoms with Gasteiger partial charge in [-0.15, -0.1) is 0 Å². The lowest BCUT2D eigenvalue weighted by molar-refractivity contribution is -0.129. The van der Waals surface area contributed by atoms with Crippen LogP contribution in [0.15, 0.2) is 53.4 Å². The van der Waals surface area contributed by atoms with Crippen molar-refractivity contribution in [3.63, 3.8) is 0 Å². The van der Waals surface area contributed by atoms with Gasteiger partial charge in [0.05, 0.1) is 4.90 Å². The number of carbonyl (C=O) groups is 1. The lowest BCUT2D eigenvalue weighted by Gasteiger charge is -2.25. The molecule has 0 spiro atoms. The fraction of sp³-hybridized carbons (Fsp3) is 0.435. The third-order valence-electron chi connectivity index (χ3n) is 5.50. The van der Waals surface area contributed by atoms with E-state index in [1.165, 1.54) is 4.90 Å². The van der Waals surface area contributed by atoms with E-state index in [9.17, 15) is 13.2 Å². The highest BCUT2D eigenvalue weighted by atomic mass is 32.2. The second-order valence-electron chi connectivity index (χ2n) is 8.02. The van der Waals surface area contributed by atoms with Gasteiger partial charge in [0.2, 0.25) is 15.9 Å². The maximum absolute atomic E-state index is 13.3. The van der Waals surface area contributed by atoms with Gasteiger partial charge in [0.15, 0.2) is 0 Å². The highest BCUT2D eigenvalue weighted by molar-refractivity contribution is 7.89. The predicted octanol–water partition coefficient (Wildman–Crippen LogP) is 3.80. The first-order valence-corrected chi connectivity index (χ1v) is 11.9. The molecular weight excluding hydrogens is 398 g/mol. The van der Waals surface area contributed by atoms with Crippen molar-refractivity contribution in [2.45, 2.75) is 43.5 Å². The molecule has 30 heavy (non-hydrogen) atoms. The Labute approximate surface area is 179 Å². The number of nitrogens with zero attached hydrogens (tertiary/aromatic N) is 2. The van der Waals surface area contributed by atoms with Crippen molar-refractivity contribution in [1.82, 2.24) is 9.21 Å². The Balaban J connectivity index is 1.94. The molecule has 2 aromatic rings. The first-order valence-electron chi connectivity index (χ1n) is 10.4. The predicted molar refractivity (Wildman–Crippen MR) is 120 cm³/mol. The van der Waals surface area contributed by atoms with Gasteiger partial charge in [-0.2, -0.15) is 4.31 Å². The van der Waals surface area contributed by atoms with Gasteiger partial charge in [-0.05, 0) is 43.0 Å². The first kappa shape index (κ1) is 22.3. The number of hydrogen-bond acceptors (Lipinski definition) is 4. The van der Waals surface area contributed by atoms with E-state index in [1.807, 2.05) is 43.3 Å². The molecular formula is C23H31N3O3S.